The molecule has 0 aliphatic carbocycles. The van der Waals surface area contributed by atoms with Crippen molar-refractivity contribution >= 4 is 34.3 Å². The molecule has 1 heterocycles. The molecular formula is C39H50GeIrNO2-. The SMILES string of the molecule is CCC(CC)C(=O)/C=C(\O)C(CC)CC.Cc1[c-]c(-c2cc(-c3ccccc3)c3c[c]([Ge]([CH3])([CH3])[CH3])ccc3n2)cc(C)c1.[Ir]. The molecule has 1 aromatic heterocycles. The molecule has 0 amide bonds. The van der Waals surface area contributed by atoms with Gasteiger partial charge < -0.3 is 5.11 Å². The van der Waals surface area contributed by atoms with Crippen LogP contribution in [0.25, 0.3) is 33.3 Å². The number of aliphatic hydroxyl groups excluding tert-OH is 1. The normalized spacial score (nSPS) is 11.8. The van der Waals surface area contributed by atoms with Gasteiger partial charge in [-0.25, -0.2) is 0 Å². The van der Waals surface area contributed by atoms with Gasteiger partial charge in [0.2, 0.25) is 0 Å². The number of allylic oxidation sites excluding steroid dienone is 2. The summed E-state index contributed by atoms with van der Waals surface area (Å²) in [5.41, 5.74) is 7.98. The van der Waals surface area contributed by atoms with Crippen LogP contribution >= 0.6 is 0 Å². The Morgan fingerprint density at radius 3 is 2.02 bits per heavy atom. The molecule has 4 aromatic rings. The summed E-state index contributed by atoms with van der Waals surface area (Å²) in [6.45, 7) is 12.3. The predicted octanol–water partition coefficient (Wildman–Crippen LogP) is 10.4. The molecule has 0 unspecified atom stereocenters. The molecule has 0 aliphatic heterocycles. The Morgan fingerprint density at radius 1 is 0.864 bits per heavy atom. The predicted molar refractivity (Wildman–Crippen MR) is 188 cm³/mol. The van der Waals surface area contributed by atoms with Crippen molar-refractivity contribution in [3.05, 3.63) is 95.8 Å². The van der Waals surface area contributed by atoms with E-state index >= 15 is 0 Å². The topological polar surface area (TPSA) is 50.2 Å². The van der Waals surface area contributed by atoms with Gasteiger partial charge in [-0.2, -0.15) is 0 Å². The summed E-state index contributed by atoms with van der Waals surface area (Å²) in [5, 5.41) is 11.0. The van der Waals surface area contributed by atoms with Crippen molar-refractivity contribution in [1.29, 1.82) is 0 Å². The number of carbonyl (C=O) groups is 1. The molecule has 0 bridgehead atoms. The molecule has 0 saturated heterocycles. The maximum absolute atomic E-state index is 11.7. The van der Waals surface area contributed by atoms with Crippen molar-refractivity contribution in [2.45, 2.75) is 84.5 Å². The largest absolute Gasteiger partial charge is 0 e. The van der Waals surface area contributed by atoms with Gasteiger partial charge >= 0.3 is 171 Å². The standard InChI is InChI=1S/C26H26GeN.C13H24O2.Ir/c1-18-13-19(2)15-21(14-18)26-17-23(20-9-7-6-8-10-20)24-16-22(27(3,4)5)11-12-25(24)28-26;1-5-10(6-2)12(14)9-13(15)11(7-3)8-4;/h6-14,16-17H,1-5H3;9-11,14H,5-8H2,1-4H3;/q-1;;/b;12-9-;. The fourth-order valence-corrected chi connectivity index (χ4v) is 7.93. The second-order valence-electron chi connectivity index (χ2n) is 12.7. The summed E-state index contributed by atoms with van der Waals surface area (Å²) in [5.74, 6) is 7.87. The van der Waals surface area contributed by atoms with Crippen molar-refractivity contribution in [2.24, 2.45) is 11.8 Å². The van der Waals surface area contributed by atoms with Gasteiger partial charge in [-0.1, -0.05) is 27.7 Å². The maximum atomic E-state index is 11.7. The van der Waals surface area contributed by atoms with Gasteiger partial charge in [-0.3, -0.25) is 4.79 Å². The molecule has 44 heavy (non-hydrogen) atoms. The maximum Gasteiger partial charge on any atom is 0 e. The first kappa shape index (κ1) is 37.7. The Hall–Kier alpha value is -2.53. The van der Waals surface area contributed by atoms with Gasteiger partial charge in [0.25, 0.3) is 0 Å². The molecule has 4 rings (SSSR count). The molecule has 237 valence electrons. The number of nitrogens with zero attached hydrogens (tertiary/aromatic N) is 1. The zero-order valence-electron chi connectivity index (χ0n) is 28.0. The summed E-state index contributed by atoms with van der Waals surface area (Å²) in [6, 6.07) is 27.6. The quantitative estimate of drug-likeness (QED) is 0.0750. The first-order chi connectivity index (χ1) is 20.4. The fraction of sp³-hybridized carbons (Fsp3) is 0.385. The molecule has 3 aromatic carbocycles. The monoisotopic (exact) mass is 831 g/mol. The van der Waals surface area contributed by atoms with Crippen LogP contribution < -0.4 is 4.40 Å². The second kappa shape index (κ2) is 17.2. The molecule has 3 nitrogen and oxygen atoms in total. The number of carbonyl (C=O) groups excluding carboxylic acids is 1. The van der Waals surface area contributed by atoms with E-state index in [9.17, 15) is 9.90 Å². The average molecular weight is 830 g/mol. The summed E-state index contributed by atoms with van der Waals surface area (Å²) < 4.78 is 1.51. The van der Waals surface area contributed by atoms with Crippen LogP contribution in [-0.2, 0) is 24.9 Å². The van der Waals surface area contributed by atoms with Gasteiger partial charge in [0.1, 0.15) is 0 Å². The van der Waals surface area contributed by atoms with Gasteiger partial charge in [-0.05, 0) is 25.7 Å². The summed E-state index contributed by atoms with van der Waals surface area (Å²) in [7, 11) is 0. The average Bonchev–Trinajstić information content (AvgIpc) is 2.97. The third kappa shape index (κ3) is 9.99. The van der Waals surface area contributed by atoms with E-state index in [1.165, 1.54) is 32.5 Å². The van der Waals surface area contributed by atoms with Crippen molar-refractivity contribution < 1.29 is 30.0 Å². The van der Waals surface area contributed by atoms with E-state index in [1.54, 1.807) is 0 Å². The van der Waals surface area contributed by atoms with Crippen LogP contribution in [0, 0.1) is 31.7 Å². The Balaban J connectivity index is 0.000000363. The van der Waals surface area contributed by atoms with Gasteiger partial charge in [0, 0.05) is 38.0 Å². The van der Waals surface area contributed by atoms with Crippen LogP contribution in [-0.4, -0.2) is 29.1 Å². The summed E-state index contributed by atoms with van der Waals surface area (Å²) in [6.07, 6.45) is 4.91. The number of hydrogen-bond donors (Lipinski definition) is 1. The molecule has 0 atom stereocenters. The van der Waals surface area contributed by atoms with Crippen LogP contribution in [0.3, 0.4) is 0 Å². The fourth-order valence-electron chi connectivity index (χ4n) is 5.50. The Labute approximate surface area is 282 Å². The number of rotatable bonds is 10. The third-order valence-electron chi connectivity index (χ3n) is 8.27. The molecule has 5 heteroatoms. The van der Waals surface area contributed by atoms with E-state index in [2.05, 4.69) is 104 Å². The molecule has 0 fully saturated rings. The van der Waals surface area contributed by atoms with Crippen LogP contribution in [0.4, 0.5) is 0 Å². The Kier molecular flexibility index (Phi) is 14.8. The van der Waals surface area contributed by atoms with E-state index in [4.69, 9.17) is 4.98 Å². The third-order valence-corrected chi connectivity index (χ3v) is 12.6. The minimum absolute atomic E-state index is 0. The molecule has 0 aliphatic rings. The van der Waals surface area contributed by atoms with Crippen LogP contribution in [0.15, 0.2) is 78.6 Å². The van der Waals surface area contributed by atoms with Crippen molar-refractivity contribution in [2.75, 3.05) is 0 Å². The molecule has 0 spiro atoms. The smallest absolute Gasteiger partial charge is 0 e. The van der Waals surface area contributed by atoms with Crippen molar-refractivity contribution in [3.63, 3.8) is 0 Å². The number of benzene rings is 3. The minimum atomic E-state index is -1.93. The van der Waals surface area contributed by atoms with Crippen LogP contribution in [0.1, 0.15) is 64.5 Å². The van der Waals surface area contributed by atoms with E-state index in [0.717, 1.165) is 48.0 Å². The molecule has 0 saturated carbocycles. The number of pyridine rings is 1. The Morgan fingerprint density at radius 2 is 1.48 bits per heavy atom. The number of aryl methyl sites for hydroxylation is 2. The molecule has 1 N–H and O–H groups in total. The number of hydrogen-bond acceptors (Lipinski definition) is 3. The molecule has 1 radical (unpaired) electrons. The van der Waals surface area contributed by atoms with Gasteiger partial charge in [0.05, 0.1) is 5.76 Å². The van der Waals surface area contributed by atoms with E-state index in [1.807, 2.05) is 27.7 Å². The van der Waals surface area contributed by atoms with E-state index in [-0.39, 0.29) is 43.5 Å². The molecular weight excluding hydrogens is 779 g/mol. The number of aromatic nitrogens is 1. The van der Waals surface area contributed by atoms with E-state index in [0.29, 0.717) is 0 Å². The zero-order valence-corrected chi connectivity index (χ0v) is 32.5. The van der Waals surface area contributed by atoms with Crippen molar-refractivity contribution in [1.82, 2.24) is 4.98 Å². The number of aliphatic hydroxyl groups is 1. The van der Waals surface area contributed by atoms with Gasteiger partial charge in [-0.15, -0.1) is 0 Å². The first-order valence-electron chi connectivity index (χ1n) is 15.9. The van der Waals surface area contributed by atoms with Gasteiger partial charge in [0.15, 0.2) is 5.78 Å². The van der Waals surface area contributed by atoms with Crippen LogP contribution in [0.2, 0.25) is 17.3 Å². The summed E-state index contributed by atoms with van der Waals surface area (Å²) >= 11 is -1.93. The zero-order chi connectivity index (χ0) is 31.7. The number of ketones is 1. The number of fused-ring (bicyclic) bond motifs is 1. The van der Waals surface area contributed by atoms with Crippen molar-refractivity contribution in [3.8, 4) is 22.4 Å². The Bertz CT molecular complexity index is 1530. The second-order valence-corrected chi connectivity index (χ2v) is 23.3. The van der Waals surface area contributed by atoms with E-state index < -0.39 is 13.3 Å². The first-order valence-corrected chi connectivity index (χ1v) is 23.2. The minimum Gasteiger partial charge on any atom is 0 e. The summed E-state index contributed by atoms with van der Waals surface area (Å²) in [4.78, 5) is 16.7. The van der Waals surface area contributed by atoms with Crippen LogP contribution in [0.5, 0.6) is 0 Å².